The van der Waals surface area contributed by atoms with Crippen LogP contribution in [0, 0.1) is 10.1 Å². The lowest BCUT2D eigenvalue weighted by Gasteiger charge is -2.11. The minimum Gasteiger partial charge on any atom is -0.487 e. The molecule has 0 aliphatic rings. The molecule has 0 bridgehead atoms. The number of nitrogens with one attached hydrogen (secondary N) is 1. The molecule has 0 saturated carbocycles. The first-order valence-corrected chi connectivity index (χ1v) is 7.71. The molecular weight excluding hydrogens is 340 g/mol. The molecule has 0 spiro atoms. The molecule has 1 amide bonds. The van der Waals surface area contributed by atoms with Gasteiger partial charge >= 0.3 is 5.69 Å². The Bertz CT molecular complexity index is 506. The number of carbonyl (C=O) groups excluding carboxylic acids is 1. The number of hydrogen-bond acceptors (Lipinski definition) is 4. The van der Waals surface area contributed by atoms with E-state index in [2.05, 4.69) is 21.2 Å². The highest BCUT2D eigenvalue weighted by atomic mass is 79.9. The second kappa shape index (κ2) is 8.61. The van der Waals surface area contributed by atoms with Gasteiger partial charge in [0.1, 0.15) is 0 Å². The fourth-order valence-electron chi connectivity index (χ4n) is 1.82. The maximum atomic E-state index is 12.1. The fraction of sp³-hybridized carbons (Fsp3) is 0.500. The fourth-order valence-corrected chi connectivity index (χ4v) is 2.15. The van der Waals surface area contributed by atoms with E-state index in [1.807, 2.05) is 6.92 Å². The summed E-state index contributed by atoms with van der Waals surface area (Å²) in [6, 6.07) is 4.34. The van der Waals surface area contributed by atoms with Crippen LogP contribution >= 0.6 is 15.9 Å². The summed E-state index contributed by atoms with van der Waals surface area (Å²) in [4.78, 5) is 23.0. The van der Waals surface area contributed by atoms with Crippen LogP contribution in [0.2, 0.25) is 0 Å². The lowest BCUT2D eigenvalue weighted by Crippen LogP contribution is -2.25. The van der Waals surface area contributed by atoms with Gasteiger partial charge < -0.3 is 10.1 Å². The number of hydrogen-bond donors (Lipinski definition) is 1. The summed E-state index contributed by atoms with van der Waals surface area (Å²) in [6.07, 6.45) is 1.77. The molecule has 0 saturated heterocycles. The number of benzene rings is 1. The Morgan fingerprint density at radius 2 is 2.24 bits per heavy atom. The van der Waals surface area contributed by atoms with Crippen LogP contribution in [0.5, 0.6) is 5.75 Å². The summed E-state index contributed by atoms with van der Waals surface area (Å²) in [6.45, 7) is 4.53. The number of para-hydroxylation sites is 1. The molecule has 116 valence electrons. The largest absolute Gasteiger partial charge is 0.487 e. The van der Waals surface area contributed by atoms with Crippen molar-refractivity contribution in [3.05, 3.63) is 33.9 Å². The predicted molar refractivity (Wildman–Crippen MR) is 84.2 cm³/mol. The van der Waals surface area contributed by atoms with E-state index >= 15 is 0 Å². The first kappa shape index (κ1) is 17.4. The van der Waals surface area contributed by atoms with Crippen molar-refractivity contribution in [2.75, 3.05) is 13.2 Å². The second-order valence-electron chi connectivity index (χ2n) is 4.52. The van der Waals surface area contributed by atoms with Crippen LogP contribution in [0.4, 0.5) is 5.69 Å². The second-order valence-corrected chi connectivity index (χ2v) is 6.09. The summed E-state index contributed by atoms with van der Waals surface area (Å²) in [5.74, 6) is -0.333. The Kier molecular flexibility index (Phi) is 7.14. The Labute approximate surface area is 132 Å². The molecule has 1 atom stereocenters. The highest BCUT2D eigenvalue weighted by Gasteiger charge is 2.22. The quantitative estimate of drug-likeness (QED) is 0.334. The van der Waals surface area contributed by atoms with Crippen molar-refractivity contribution in [2.45, 2.75) is 31.5 Å². The normalized spacial score (nSPS) is 11.8. The summed E-state index contributed by atoms with van der Waals surface area (Å²) in [5.41, 5.74) is -0.00322. The lowest BCUT2D eigenvalue weighted by atomic mass is 10.1. The van der Waals surface area contributed by atoms with Crippen LogP contribution in [-0.4, -0.2) is 28.8 Å². The molecule has 6 nitrogen and oxygen atoms in total. The van der Waals surface area contributed by atoms with Gasteiger partial charge in [-0.1, -0.05) is 28.9 Å². The molecular formula is C14H19BrN2O4. The van der Waals surface area contributed by atoms with Crippen LogP contribution in [-0.2, 0) is 0 Å². The molecule has 0 aromatic heterocycles. The Morgan fingerprint density at radius 1 is 1.52 bits per heavy atom. The van der Waals surface area contributed by atoms with Crippen LogP contribution in [0.3, 0.4) is 0 Å². The molecule has 0 heterocycles. The van der Waals surface area contributed by atoms with Crippen molar-refractivity contribution >= 4 is 27.5 Å². The monoisotopic (exact) mass is 358 g/mol. The van der Waals surface area contributed by atoms with E-state index in [0.717, 1.165) is 12.8 Å². The van der Waals surface area contributed by atoms with Crippen LogP contribution in [0.1, 0.15) is 37.0 Å². The predicted octanol–water partition coefficient (Wildman–Crippen LogP) is 3.29. The zero-order chi connectivity index (χ0) is 15.8. The van der Waals surface area contributed by atoms with Gasteiger partial charge in [-0.15, -0.1) is 0 Å². The maximum Gasteiger partial charge on any atom is 0.311 e. The Morgan fingerprint density at radius 3 is 2.81 bits per heavy atom. The van der Waals surface area contributed by atoms with Crippen molar-refractivity contribution in [3.63, 3.8) is 0 Å². The van der Waals surface area contributed by atoms with Gasteiger partial charge in [-0.05, 0) is 25.8 Å². The SMILES string of the molecule is CCOc1c(C(=O)NCCCC(C)Br)cccc1[N+](=O)[O-]. The highest BCUT2D eigenvalue weighted by Crippen LogP contribution is 2.30. The van der Waals surface area contributed by atoms with Crippen molar-refractivity contribution in [1.82, 2.24) is 5.32 Å². The van der Waals surface area contributed by atoms with Gasteiger partial charge in [0.05, 0.1) is 17.1 Å². The molecule has 1 rings (SSSR count). The lowest BCUT2D eigenvalue weighted by molar-refractivity contribution is -0.385. The van der Waals surface area contributed by atoms with Gasteiger partial charge in [0.25, 0.3) is 5.91 Å². The van der Waals surface area contributed by atoms with E-state index in [4.69, 9.17) is 4.74 Å². The van der Waals surface area contributed by atoms with E-state index in [9.17, 15) is 14.9 Å². The first-order chi connectivity index (χ1) is 9.97. The Balaban J connectivity index is 2.83. The highest BCUT2D eigenvalue weighted by molar-refractivity contribution is 9.09. The van der Waals surface area contributed by atoms with Crippen molar-refractivity contribution < 1.29 is 14.5 Å². The van der Waals surface area contributed by atoms with Gasteiger partial charge in [0.15, 0.2) is 0 Å². The summed E-state index contributed by atoms with van der Waals surface area (Å²) in [5, 5.41) is 13.8. The van der Waals surface area contributed by atoms with Crippen molar-refractivity contribution in [1.29, 1.82) is 0 Å². The Hall–Kier alpha value is -1.63. The number of nitro groups is 1. The molecule has 7 heteroatoms. The van der Waals surface area contributed by atoms with Crippen molar-refractivity contribution in [3.8, 4) is 5.75 Å². The number of amides is 1. The van der Waals surface area contributed by atoms with E-state index in [1.54, 1.807) is 6.92 Å². The molecule has 1 unspecified atom stereocenters. The summed E-state index contributed by atoms with van der Waals surface area (Å²) >= 11 is 3.44. The number of rotatable bonds is 8. The average Bonchev–Trinajstić information content (AvgIpc) is 2.43. The van der Waals surface area contributed by atoms with Gasteiger partial charge in [-0.3, -0.25) is 14.9 Å². The third-order valence-electron chi connectivity index (χ3n) is 2.79. The van der Waals surface area contributed by atoms with Crippen LogP contribution in [0.25, 0.3) is 0 Å². The zero-order valence-corrected chi connectivity index (χ0v) is 13.7. The number of carbonyl (C=O) groups is 1. The van der Waals surface area contributed by atoms with Crippen molar-refractivity contribution in [2.24, 2.45) is 0 Å². The molecule has 1 N–H and O–H groups in total. The summed E-state index contributed by atoms with van der Waals surface area (Å²) in [7, 11) is 0. The molecule has 1 aromatic rings. The minimum absolute atomic E-state index is 0.0244. The third kappa shape index (κ3) is 5.34. The maximum absolute atomic E-state index is 12.1. The molecule has 0 fully saturated rings. The summed E-state index contributed by atoms with van der Waals surface area (Å²) < 4.78 is 5.29. The molecule has 21 heavy (non-hydrogen) atoms. The smallest absolute Gasteiger partial charge is 0.311 e. The number of nitrogens with zero attached hydrogens (tertiary/aromatic N) is 1. The van der Waals surface area contributed by atoms with Crippen LogP contribution in [0.15, 0.2) is 18.2 Å². The molecule has 0 aliphatic carbocycles. The molecule has 0 radical (unpaired) electrons. The van der Waals surface area contributed by atoms with Gasteiger partial charge in [-0.2, -0.15) is 0 Å². The third-order valence-corrected chi connectivity index (χ3v) is 3.25. The standard InChI is InChI=1S/C14H19BrN2O4/c1-3-21-13-11(7-4-8-12(13)17(19)20)14(18)16-9-5-6-10(2)15/h4,7-8,10H,3,5-6,9H2,1-2H3,(H,16,18). The van der Waals surface area contributed by atoms with E-state index in [0.29, 0.717) is 11.4 Å². The number of halogens is 1. The minimum atomic E-state index is -0.547. The zero-order valence-electron chi connectivity index (χ0n) is 12.1. The van der Waals surface area contributed by atoms with Gasteiger partial charge in [-0.25, -0.2) is 0 Å². The topological polar surface area (TPSA) is 81.5 Å². The van der Waals surface area contributed by atoms with Gasteiger partial charge in [0.2, 0.25) is 5.75 Å². The van der Waals surface area contributed by atoms with E-state index in [1.165, 1.54) is 18.2 Å². The van der Waals surface area contributed by atoms with Crippen LogP contribution < -0.4 is 10.1 Å². The molecule has 1 aromatic carbocycles. The molecule has 0 aliphatic heterocycles. The van der Waals surface area contributed by atoms with E-state index < -0.39 is 4.92 Å². The average molecular weight is 359 g/mol. The number of nitro benzene ring substituents is 1. The van der Waals surface area contributed by atoms with E-state index in [-0.39, 0.29) is 29.5 Å². The number of alkyl halides is 1. The first-order valence-electron chi connectivity index (χ1n) is 6.79. The van der Waals surface area contributed by atoms with Gasteiger partial charge in [0, 0.05) is 17.4 Å². The number of ether oxygens (including phenoxy) is 1.